The minimum atomic E-state index is -0.405. The minimum Gasteiger partial charge on any atom is -0.385 e. The molecule has 9 heteroatoms. The van der Waals surface area contributed by atoms with Gasteiger partial charge < -0.3 is 20.1 Å². The van der Waals surface area contributed by atoms with Gasteiger partial charge in [0.05, 0.1) is 11.1 Å². The lowest BCUT2D eigenvalue weighted by atomic mass is 10.1. The molecule has 4 amide bonds. The molecule has 1 atom stereocenters. The molecule has 0 aromatic heterocycles. The topological polar surface area (TPSA) is 114 Å². The van der Waals surface area contributed by atoms with Crippen molar-refractivity contribution in [2.75, 3.05) is 40.0 Å². The quantitative estimate of drug-likeness (QED) is 0.454. The fourth-order valence-electron chi connectivity index (χ4n) is 3.36. The van der Waals surface area contributed by atoms with Crippen LogP contribution in [0.15, 0.2) is 18.2 Å². The largest absolute Gasteiger partial charge is 0.385 e. The average molecular weight is 403 g/mol. The zero-order chi connectivity index (χ0) is 20.8. The molecule has 1 unspecified atom stereocenters. The van der Waals surface area contributed by atoms with E-state index in [1.54, 1.807) is 7.11 Å². The number of hydrogen-bond acceptors (Lipinski definition) is 6. The molecule has 2 heterocycles. The van der Waals surface area contributed by atoms with Crippen LogP contribution in [0, 0.1) is 0 Å². The maximum absolute atomic E-state index is 12.5. The molecule has 1 aromatic rings. The number of carbonyl (C=O) groups excluding carboxylic acids is 4. The fraction of sp³-hybridized carbons (Fsp3) is 0.500. The number of imide groups is 1. The molecule has 0 bridgehead atoms. The van der Waals surface area contributed by atoms with Crippen LogP contribution in [0.25, 0.3) is 0 Å². The Morgan fingerprint density at radius 3 is 2.66 bits per heavy atom. The second-order valence-corrected chi connectivity index (χ2v) is 6.92. The molecule has 156 valence electrons. The summed E-state index contributed by atoms with van der Waals surface area (Å²) in [4.78, 5) is 50.3. The van der Waals surface area contributed by atoms with E-state index in [2.05, 4.69) is 10.6 Å². The number of benzene rings is 1. The van der Waals surface area contributed by atoms with Gasteiger partial charge >= 0.3 is 0 Å². The van der Waals surface area contributed by atoms with Crippen LogP contribution < -0.4 is 10.6 Å². The summed E-state index contributed by atoms with van der Waals surface area (Å²) in [5, 5.41) is 5.42. The first-order valence-corrected chi connectivity index (χ1v) is 9.69. The predicted octanol–water partition coefficient (Wildman–Crippen LogP) is 0.344. The molecule has 2 aliphatic rings. The Kier molecular flexibility index (Phi) is 6.95. The van der Waals surface area contributed by atoms with Gasteiger partial charge in [0.1, 0.15) is 6.10 Å². The number of carbonyl (C=O) groups is 4. The van der Waals surface area contributed by atoms with Gasteiger partial charge in [0, 0.05) is 45.5 Å². The van der Waals surface area contributed by atoms with Gasteiger partial charge in [-0.15, -0.1) is 0 Å². The Hall–Kier alpha value is -2.78. The zero-order valence-electron chi connectivity index (χ0n) is 16.4. The van der Waals surface area contributed by atoms with E-state index >= 15 is 0 Å². The molecule has 29 heavy (non-hydrogen) atoms. The highest BCUT2D eigenvalue weighted by Gasteiger charge is 2.35. The minimum absolute atomic E-state index is 0.174. The molecule has 1 saturated heterocycles. The SMILES string of the molecule is COCCCN1C(=O)c2ccc(C(=O)NCCNC(=O)C3CCCO3)cc2C1=O. The van der Waals surface area contributed by atoms with Crippen LogP contribution in [0.5, 0.6) is 0 Å². The van der Waals surface area contributed by atoms with Crippen molar-refractivity contribution >= 4 is 23.6 Å². The number of rotatable bonds is 9. The second kappa shape index (κ2) is 9.62. The number of hydrogen-bond donors (Lipinski definition) is 2. The Morgan fingerprint density at radius 1 is 1.17 bits per heavy atom. The van der Waals surface area contributed by atoms with Gasteiger partial charge in [0.15, 0.2) is 0 Å². The molecule has 0 aliphatic carbocycles. The molecule has 9 nitrogen and oxygen atoms in total. The Balaban J connectivity index is 1.52. The highest BCUT2D eigenvalue weighted by Crippen LogP contribution is 2.24. The van der Waals surface area contributed by atoms with E-state index in [1.807, 2.05) is 0 Å². The molecule has 2 N–H and O–H groups in total. The molecular weight excluding hydrogens is 378 g/mol. The smallest absolute Gasteiger partial charge is 0.261 e. The van der Waals surface area contributed by atoms with E-state index < -0.39 is 12.0 Å². The van der Waals surface area contributed by atoms with Crippen molar-refractivity contribution in [3.63, 3.8) is 0 Å². The summed E-state index contributed by atoms with van der Waals surface area (Å²) in [6, 6.07) is 4.45. The van der Waals surface area contributed by atoms with Crippen molar-refractivity contribution in [1.29, 1.82) is 0 Å². The first-order valence-electron chi connectivity index (χ1n) is 9.69. The first-order chi connectivity index (χ1) is 14.0. The van der Waals surface area contributed by atoms with Gasteiger partial charge in [-0.25, -0.2) is 0 Å². The van der Waals surface area contributed by atoms with Crippen molar-refractivity contribution in [2.45, 2.75) is 25.4 Å². The lowest BCUT2D eigenvalue weighted by molar-refractivity contribution is -0.129. The Labute approximate surface area is 168 Å². The van der Waals surface area contributed by atoms with Crippen molar-refractivity contribution in [3.05, 3.63) is 34.9 Å². The second-order valence-electron chi connectivity index (χ2n) is 6.92. The first kappa shape index (κ1) is 20.9. The van der Waals surface area contributed by atoms with E-state index in [0.717, 1.165) is 6.42 Å². The molecule has 0 radical (unpaired) electrons. The van der Waals surface area contributed by atoms with Crippen molar-refractivity contribution in [2.24, 2.45) is 0 Å². The third kappa shape index (κ3) is 4.80. The summed E-state index contributed by atoms with van der Waals surface area (Å²) in [6.07, 6.45) is 1.73. The van der Waals surface area contributed by atoms with Gasteiger partial charge in [0.2, 0.25) is 5.91 Å². The van der Waals surface area contributed by atoms with Crippen LogP contribution in [-0.4, -0.2) is 74.6 Å². The van der Waals surface area contributed by atoms with Crippen LogP contribution in [0.2, 0.25) is 0 Å². The summed E-state index contributed by atoms with van der Waals surface area (Å²) in [6.45, 7) is 1.83. The normalized spacial score (nSPS) is 18.1. The lowest BCUT2D eigenvalue weighted by Crippen LogP contribution is -2.39. The summed E-state index contributed by atoms with van der Waals surface area (Å²) in [5.41, 5.74) is 0.814. The summed E-state index contributed by atoms with van der Waals surface area (Å²) in [5.74, 6) is -1.31. The zero-order valence-corrected chi connectivity index (χ0v) is 16.4. The average Bonchev–Trinajstić information content (AvgIpc) is 3.34. The predicted molar refractivity (Wildman–Crippen MR) is 103 cm³/mol. The van der Waals surface area contributed by atoms with Gasteiger partial charge in [-0.05, 0) is 37.5 Å². The number of amides is 4. The number of methoxy groups -OCH3 is 1. The molecule has 2 aliphatic heterocycles. The maximum atomic E-state index is 12.5. The number of nitrogens with zero attached hydrogens (tertiary/aromatic N) is 1. The monoisotopic (exact) mass is 403 g/mol. The number of nitrogens with one attached hydrogen (secondary N) is 2. The van der Waals surface area contributed by atoms with E-state index in [1.165, 1.54) is 23.1 Å². The highest BCUT2D eigenvalue weighted by molar-refractivity contribution is 6.22. The van der Waals surface area contributed by atoms with Crippen LogP contribution in [0.4, 0.5) is 0 Å². The van der Waals surface area contributed by atoms with Crippen molar-refractivity contribution in [1.82, 2.24) is 15.5 Å². The van der Waals surface area contributed by atoms with Crippen molar-refractivity contribution < 1.29 is 28.7 Å². The van der Waals surface area contributed by atoms with Crippen LogP contribution in [-0.2, 0) is 14.3 Å². The molecule has 0 spiro atoms. The van der Waals surface area contributed by atoms with Gasteiger partial charge in [-0.1, -0.05) is 0 Å². The summed E-state index contributed by atoms with van der Waals surface area (Å²) >= 11 is 0. The highest BCUT2D eigenvalue weighted by atomic mass is 16.5. The summed E-state index contributed by atoms with van der Waals surface area (Å²) < 4.78 is 10.2. The molecule has 0 saturated carbocycles. The molecule has 1 aromatic carbocycles. The van der Waals surface area contributed by atoms with Gasteiger partial charge in [-0.3, -0.25) is 24.1 Å². The van der Waals surface area contributed by atoms with Crippen molar-refractivity contribution in [3.8, 4) is 0 Å². The van der Waals surface area contributed by atoms with Crippen LogP contribution in [0.1, 0.15) is 50.3 Å². The fourth-order valence-corrected chi connectivity index (χ4v) is 3.36. The van der Waals surface area contributed by atoms with E-state index in [-0.39, 0.29) is 48.5 Å². The van der Waals surface area contributed by atoms with E-state index in [4.69, 9.17) is 9.47 Å². The Morgan fingerprint density at radius 2 is 1.93 bits per heavy atom. The maximum Gasteiger partial charge on any atom is 0.261 e. The molecule has 3 rings (SSSR count). The van der Waals surface area contributed by atoms with Gasteiger partial charge in [-0.2, -0.15) is 0 Å². The lowest BCUT2D eigenvalue weighted by Gasteiger charge is -2.12. The molecular formula is C20H25N3O6. The number of fused-ring (bicyclic) bond motifs is 1. The standard InChI is InChI=1S/C20H25N3O6/c1-28-10-3-9-23-19(26)14-6-5-13(12-15(14)20(23)27)17(24)21-7-8-22-18(25)16-4-2-11-29-16/h5-6,12,16H,2-4,7-11H2,1H3,(H,21,24)(H,22,25). The Bertz CT molecular complexity index is 803. The van der Waals surface area contributed by atoms with Crippen LogP contribution >= 0.6 is 0 Å². The van der Waals surface area contributed by atoms with Gasteiger partial charge in [0.25, 0.3) is 17.7 Å². The molecule has 1 fully saturated rings. The van der Waals surface area contributed by atoms with Crippen LogP contribution in [0.3, 0.4) is 0 Å². The summed E-state index contributed by atoms with van der Waals surface area (Å²) in [7, 11) is 1.56. The number of ether oxygens (including phenoxy) is 2. The third-order valence-electron chi connectivity index (χ3n) is 4.89. The van der Waals surface area contributed by atoms with E-state index in [9.17, 15) is 19.2 Å². The third-order valence-corrected chi connectivity index (χ3v) is 4.89. The van der Waals surface area contributed by atoms with E-state index in [0.29, 0.717) is 31.6 Å².